The minimum atomic E-state index is -0.545. The number of nitrogens with one attached hydrogen (secondary N) is 1. The van der Waals surface area contributed by atoms with Gasteiger partial charge in [0.25, 0.3) is 0 Å². The second-order valence-electron chi connectivity index (χ2n) is 9.07. The summed E-state index contributed by atoms with van der Waals surface area (Å²) < 4.78 is 11.3. The van der Waals surface area contributed by atoms with Crippen LogP contribution in [0.4, 0.5) is 4.79 Å². The van der Waals surface area contributed by atoms with Crippen LogP contribution in [0.5, 0.6) is 0 Å². The SMILES string of the molecule is CC(C)[C@H]1COC(c2ccc(C(Cc3ccccc3)NC(=O)OC(C)(C)C)cc2)=N1. The fraction of sp³-hybridized carbons (Fsp3) is 0.440. The lowest BCUT2D eigenvalue weighted by Crippen LogP contribution is -2.35. The first-order chi connectivity index (χ1) is 14.2. The van der Waals surface area contributed by atoms with E-state index >= 15 is 0 Å². The lowest BCUT2D eigenvalue weighted by atomic mass is 9.98. The molecule has 2 aromatic rings. The van der Waals surface area contributed by atoms with Crippen LogP contribution in [0, 0.1) is 5.92 Å². The van der Waals surface area contributed by atoms with Crippen molar-refractivity contribution >= 4 is 12.0 Å². The van der Waals surface area contributed by atoms with Crippen molar-refractivity contribution in [1.82, 2.24) is 5.32 Å². The summed E-state index contributed by atoms with van der Waals surface area (Å²) in [6.45, 7) is 10.5. The van der Waals surface area contributed by atoms with Crippen LogP contribution in [0.3, 0.4) is 0 Å². The van der Waals surface area contributed by atoms with E-state index in [0.717, 1.165) is 16.7 Å². The number of benzene rings is 2. The van der Waals surface area contributed by atoms with Gasteiger partial charge in [-0.15, -0.1) is 0 Å². The van der Waals surface area contributed by atoms with Crippen LogP contribution in [0.15, 0.2) is 59.6 Å². The van der Waals surface area contributed by atoms with E-state index < -0.39 is 11.7 Å². The standard InChI is InChI=1S/C25H32N2O3/c1-17(2)22-16-29-23(26-22)20-13-11-19(12-14-20)21(15-18-9-7-6-8-10-18)27-24(28)30-25(3,4)5/h6-14,17,21-22H,15-16H2,1-5H3,(H,27,28)/t21?,22-/m1/s1. The molecule has 2 atom stereocenters. The molecule has 0 saturated heterocycles. The molecular formula is C25H32N2O3. The van der Waals surface area contributed by atoms with Gasteiger partial charge in [-0.25, -0.2) is 9.79 Å². The zero-order chi connectivity index (χ0) is 21.7. The van der Waals surface area contributed by atoms with Gasteiger partial charge in [0.05, 0.1) is 12.1 Å². The summed E-state index contributed by atoms with van der Waals surface area (Å²) in [6.07, 6.45) is 0.252. The summed E-state index contributed by atoms with van der Waals surface area (Å²) in [7, 11) is 0. The zero-order valence-corrected chi connectivity index (χ0v) is 18.5. The van der Waals surface area contributed by atoms with E-state index in [1.807, 2.05) is 63.2 Å². The Morgan fingerprint density at radius 3 is 2.37 bits per heavy atom. The molecule has 1 aliphatic heterocycles. The van der Waals surface area contributed by atoms with Gasteiger partial charge in [-0.3, -0.25) is 0 Å². The first-order valence-corrected chi connectivity index (χ1v) is 10.6. The Morgan fingerprint density at radius 1 is 1.13 bits per heavy atom. The minimum absolute atomic E-state index is 0.203. The van der Waals surface area contributed by atoms with E-state index in [1.54, 1.807) is 0 Å². The second kappa shape index (κ2) is 9.33. The smallest absolute Gasteiger partial charge is 0.408 e. The molecule has 1 aliphatic rings. The third kappa shape index (κ3) is 6.09. The first kappa shape index (κ1) is 21.9. The van der Waals surface area contributed by atoms with Crippen molar-refractivity contribution in [3.05, 3.63) is 71.3 Å². The van der Waals surface area contributed by atoms with Crippen molar-refractivity contribution in [2.45, 2.75) is 58.7 Å². The van der Waals surface area contributed by atoms with Gasteiger partial charge in [-0.05, 0) is 56.4 Å². The summed E-state index contributed by atoms with van der Waals surface area (Å²) >= 11 is 0. The quantitative estimate of drug-likeness (QED) is 0.706. The largest absolute Gasteiger partial charge is 0.475 e. The van der Waals surface area contributed by atoms with E-state index in [4.69, 9.17) is 14.5 Å². The number of ether oxygens (including phenoxy) is 2. The summed E-state index contributed by atoms with van der Waals surface area (Å²) in [4.78, 5) is 17.1. The molecule has 1 amide bonds. The molecular weight excluding hydrogens is 376 g/mol. The maximum absolute atomic E-state index is 12.4. The van der Waals surface area contributed by atoms with Crippen molar-refractivity contribution < 1.29 is 14.3 Å². The molecule has 2 aromatic carbocycles. The van der Waals surface area contributed by atoms with Crippen molar-refractivity contribution in [2.24, 2.45) is 10.9 Å². The molecule has 1 heterocycles. The number of alkyl carbamates (subject to hydrolysis) is 1. The van der Waals surface area contributed by atoms with Crippen LogP contribution in [0.2, 0.25) is 0 Å². The number of rotatable bonds is 6. The fourth-order valence-electron chi connectivity index (χ4n) is 3.30. The summed E-state index contributed by atoms with van der Waals surface area (Å²) in [5.41, 5.74) is 2.56. The van der Waals surface area contributed by atoms with E-state index in [2.05, 4.69) is 31.3 Å². The molecule has 0 aliphatic carbocycles. The number of hydrogen-bond donors (Lipinski definition) is 1. The Morgan fingerprint density at radius 2 is 1.80 bits per heavy atom. The molecule has 1 unspecified atom stereocenters. The van der Waals surface area contributed by atoms with E-state index in [-0.39, 0.29) is 12.1 Å². The average Bonchev–Trinajstić information content (AvgIpc) is 3.18. The van der Waals surface area contributed by atoms with Crippen molar-refractivity contribution in [2.75, 3.05) is 6.61 Å². The molecule has 0 aromatic heterocycles. The molecule has 3 rings (SSSR count). The number of nitrogens with zero attached hydrogens (tertiary/aromatic N) is 1. The second-order valence-corrected chi connectivity index (χ2v) is 9.07. The van der Waals surface area contributed by atoms with Gasteiger partial charge in [-0.1, -0.05) is 56.3 Å². The van der Waals surface area contributed by atoms with Crippen molar-refractivity contribution in [1.29, 1.82) is 0 Å². The Kier molecular flexibility index (Phi) is 6.80. The van der Waals surface area contributed by atoms with E-state index in [0.29, 0.717) is 24.8 Å². The molecule has 0 spiro atoms. The molecule has 0 fully saturated rings. The summed E-state index contributed by atoms with van der Waals surface area (Å²) in [5.74, 6) is 1.15. The Hall–Kier alpha value is -2.82. The third-order valence-electron chi connectivity index (χ3n) is 4.98. The molecule has 30 heavy (non-hydrogen) atoms. The summed E-state index contributed by atoms with van der Waals surface area (Å²) in [6, 6.07) is 18.2. The molecule has 5 nitrogen and oxygen atoms in total. The van der Waals surface area contributed by atoms with Gasteiger partial charge >= 0.3 is 6.09 Å². The Bertz CT molecular complexity index is 868. The van der Waals surface area contributed by atoms with E-state index in [1.165, 1.54) is 0 Å². The van der Waals surface area contributed by atoms with Gasteiger partial charge in [0.15, 0.2) is 0 Å². The lowest BCUT2D eigenvalue weighted by molar-refractivity contribution is 0.0503. The van der Waals surface area contributed by atoms with Crippen LogP contribution < -0.4 is 5.32 Å². The highest BCUT2D eigenvalue weighted by Crippen LogP contribution is 2.23. The minimum Gasteiger partial charge on any atom is -0.475 e. The Balaban J connectivity index is 1.78. The van der Waals surface area contributed by atoms with Crippen LogP contribution in [-0.2, 0) is 15.9 Å². The topological polar surface area (TPSA) is 59.9 Å². The van der Waals surface area contributed by atoms with Gasteiger partial charge < -0.3 is 14.8 Å². The molecule has 0 radical (unpaired) electrons. The van der Waals surface area contributed by atoms with Gasteiger partial charge in [0.1, 0.15) is 12.2 Å². The molecule has 160 valence electrons. The number of amides is 1. The van der Waals surface area contributed by atoms with Gasteiger partial charge in [-0.2, -0.15) is 0 Å². The van der Waals surface area contributed by atoms with Crippen LogP contribution in [0.25, 0.3) is 0 Å². The van der Waals surface area contributed by atoms with Gasteiger partial charge in [0.2, 0.25) is 5.90 Å². The predicted molar refractivity (Wildman–Crippen MR) is 120 cm³/mol. The summed E-state index contributed by atoms with van der Waals surface area (Å²) in [5, 5.41) is 3.03. The third-order valence-corrected chi connectivity index (χ3v) is 4.98. The monoisotopic (exact) mass is 408 g/mol. The zero-order valence-electron chi connectivity index (χ0n) is 18.5. The first-order valence-electron chi connectivity index (χ1n) is 10.6. The highest BCUT2D eigenvalue weighted by Gasteiger charge is 2.24. The number of aliphatic imine (C=N–C) groups is 1. The normalized spacial score (nSPS) is 17.3. The number of carbonyl (C=O) groups is 1. The molecule has 5 heteroatoms. The van der Waals surface area contributed by atoms with Crippen molar-refractivity contribution in [3.8, 4) is 0 Å². The maximum atomic E-state index is 12.4. The maximum Gasteiger partial charge on any atom is 0.408 e. The fourth-order valence-corrected chi connectivity index (χ4v) is 3.30. The Labute approximate surface area is 179 Å². The molecule has 0 bridgehead atoms. The lowest BCUT2D eigenvalue weighted by Gasteiger charge is -2.24. The molecule has 1 N–H and O–H groups in total. The number of hydrogen-bond acceptors (Lipinski definition) is 4. The number of carbonyl (C=O) groups excluding carboxylic acids is 1. The van der Waals surface area contributed by atoms with Crippen molar-refractivity contribution in [3.63, 3.8) is 0 Å². The van der Waals surface area contributed by atoms with E-state index in [9.17, 15) is 4.79 Å². The van der Waals surface area contributed by atoms with Gasteiger partial charge in [0, 0.05) is 5.56 Å². The van der Waals surface area contributed by atoms with Crippen LogP contribution in [-0.4, -0.2) is 30.2 Å². The van der Waals surface area contributed by atoms with Crippen LogP contribution in [0.1, 0.15) is 57.4 Å². The highest BCUT2D eigenvalue weighted by atomic mass is 16.6. The average molecular weight is 409 g/mol. The highest BCUT2D eigenvalue weighted by molar-refractivity contribution is 5.95. The van der Waals surface area contributed by atoms with Crippen LogP contribution >= 0.6 is 0 Å². The predicted octanol–water partition coefficient (Wildman–Crippen LogP) is 5.30. The molecule has 0 saturated carbocycles.